The van der Waals surface area contributed by atoms with Gasteiger partial charge in [-0.2, -0.15) is 5.26 Å². The second-order valence-electron chi connectivity index (χ2n) is 5.00. The normalized spacial score (nSPS) is 10.3. The van der Waals surface area contributed by atoms with Crippen molar-refractivity contribution >= 4 is 24.1 Å². The highest BCUT2D eigenvalue weighted by Crippen LogP contribution is 2.19. The Morgan fingerprint density at radius 1 is 1.43 bits per heavy atom. The van der Waals surface area contributed by atoms with Crippen molar-refractivity contribution in [1.29, 1.82) is 5.26 Å². The number of nitrogens with one attached hydrogen (secondary N) is 2. The number of carbonyl (C=O) groups excluding carboxylic acids is 2. The highest BCUT2D eigenvalue weighted by atomic mass is 32.2. The Labute approximate surface area is 138 Å². The fourth-order valence-electron chi connectivity index (χ4n) is 1.19. The first kappa shape index (κ1) is 18.6. The SMILES string of the molecule is CCOC(=O)NC(=O)NSc1ccc(OCC(C)(C)C#N)cn1. The van der Waals surface area contributed by atoms with Gasteiger partial charge < -0.3 is 9.47 Å². The van der Waals surface area contributed by atoms with Crippen LogP contribution in [0.3, 0.4) is 0 Å². The van der Waals surface area contributed by atoms with E-state index in [-0.39, 0.29) is 13.2 Å². The number of rotatable bonds is 6. The van der Waals surface area contributed by atoms with Crippen molar-refractivity contribution in [3.63, 3.8) is 0 Å². The van der Waals surface area contributed by atoms with Gasteiger partial charge in [-0.05, 0) is 32.9 Å². The largest absolute Gasteiger partial charge is 0.490 e. The van der Waals surface area contributed by atoms with Gasteiger partial charge in [0.15, 0.2) is 0 Å². The van der Waals surface area contributed by atoms with Crippen LogP contribution in [0.5, 0.6) is 5.75 Å². The monoisotopic (exact) mass is 338 g/mol. The summed E-state index contributed by atoms with van der Waals surface area (Å²) in [5, 5.41) is 11.4. The van der Waals surface area contributed by atoms with Crippen molar-refractivity contribution in [2.75, 3.05) is 13.2 Å². The Morgan fingerprint density at radius 2 is 2.17 bits per heavy atom. The molecule has 0 atom stereocenters. The fourth-order valence-corrected chi connectivity index (χ4v) is 1.68. The highest BCUT2D eigenvalue weighted by Gasteiger charge is 2.17. The van der Waals surface area contributed by atoms with Gasteiger partial charge in [0.2, 0.25) is 0 Å². The summed E-state index contributed by atoms with van der Waals surface area (Å²) in [5.41, 5.74) is -0.583. The van der Waals surface area contributed by atoms with E-state index in [2.05, 4.69) is 20.5 Å². The van der Waals surface area contributed by atoms with Crippen LogP contribution in [0.2, 0.25) is 0 Å². The lowest BCUT2D eigenvalue weighted by atomic mass is 9.98. The third kappa shape index (κ3) is 7.37. The minimum atomic E-state index is -0.817. The van der Waals surface area contributed by atoms with E-state index in [1.54, 1.807) is 32.9 Å². The predicted octanol–water partition coefficient (Wildman–Crippen LogP) is 2.47. The highest BCUT2D eigenvalue weighted by molar-refractivity contribution is 7.97. The lowest BCUT2D eigenvalue weighted by Gasteiger charge is -2.15. The topological polar surface area (TPSA) is 113 Å². The average Bonchev–Trinajstić information content (AvgIpc) is 2.52. The van der Waals surface area contributed by atoms with Gasteiger partial charge in [-0.25, -0.2) is 19.9 Å². The van der Waals surface area contributed by atoms with Gasteiger partial charge in [-0.1, -0.05) is 0 Å². The number of hydrogen-bond donors (Lipinski definition) is 2. The minimum Gasteiger partial charge on any atom is -0.490 e. The molecule has 124 valence electrons. The molecule has 0 saturated carbocycles. The van der Waals surface area contributed by atoms with Gasteiger partial charge in [0, 0.05) is 11.9 Å². The van der Waals surface area contributed by atoms with Crippen molar-refractivity contribution in [3.05, 3.63) is 18.3 Å². The Kier molecular flexibility index (Phi) is 7.15. The standard InChI is InChI=1S/C14H18N4O4S/c1-4-21-13(20)17-12(19)18-23-11-6-5-10(7-16-11)22-9-14(2,3)8-15/h5-7H,4,9H2,1-3H3,(H2,17,18,19,20). The second-order valence-corrected chi connectivity index (χ2v) is 5.82. The number of urea groups is 1. The summed E-state index contributed by atoms with van der Waals surface area (Å²) in [6, 6.07) is 4.75. The first-order valence-corrected chi connectivity index (χ1v) is 7.58. The van der Waals surface area contributed by atoms with Crippen molar-refractivity contribution in [2.24, 2.45) is 5.41 Å². The van der Waals surface area contributed by atoms with E-state index in [0.29, 0.717) is 10.8 Å². The number of amides is 3. The number of alkyl carbamates (subject to hydrolysis) is 1. The Morgan fingerprint density at radius 3 is 2.74 bits per heavy atom. The van der Waals surface area contributed by atoms with E-state index in [1.807, 2.05) is 5.32 Å². The molecule has 2 N–H and O–H groups in total. The molecule has 1 aromatic rings. The molecule has 0 radical (unpaired) electrons. The van der Waals surface area contributed by atoms with E-state index >= 15 is 0 Å². The summed E-state index contributed by atoms with van der Waals surface area (Å²) in [6.45, 7) is 5.61. The van der Waals surface area contributed by atoms with Gasteiger partial charge in [-0.3, -0.25) is 4.72 Å². The van der Waals surface area contributed by atoms with Crippen LogP contribution in [0.1, 0.15) is 20.8 Å². The van der Waals surface area contributed by atoms with E-state index in [0.717, 1.165) is 11.9 Å². The molecule has 3 amide bonds. The van der Waals surface area contributed by atoms with Crippen LogP contribution < -0.4 is 14.8 Å². The summed E-state index contributed by atoms with van der Waals surface area (Å²) in [5.74, 6) is 0.522. The molecule has 1 heterocycles. The Bertz CT molecular complexity index is 583. The zero-order chi connectivity index (χ0) is 17.3. The van der Waals surface area contributed by atoms with Crippen LogP contribution in [0.15, 0.2) is 23.4 Å². The van der Waals surface area contributed by atoms with Gasteiger partial charge in [0.25, 0.3) is 0 Å². The van der Waals surface area contributed by atoms with Crippen LogP contribution in [0.4, 0.5) is 9.59 Å². The van der Waals surface area contributed by atoms with Crippen LogP contribution >= 0.6 is 11.9 Å². The molecule has 0 saturated heterocycles. The summed E-state index contributed by atoms with van der Waals surface area (Å²) in [6.07, 6.45) is 0.670. The van der Waals surface area contributed by atoms with Crippen molar-refractivity contribution in [3.8, 4) is 11.8 Å². The van der Waals surface area contributed by atoms with E-state index in [4.69, 9.17) is 10.00 Å². The van der Waals surface area contributed by atoms with E-state index < -0.39 is 17.5 Å². The molecular formula is C14H18N4O4S. The Hall–Kier alpha value is -2.47. The van der Waals surface area contributed by atoms with Crippen LogP contribution in [0, 0.1) is 16.7 Å². The zero-order valence-electron chi connectivity index (χ0n) is 13.1. The van der Waals surface area contributed by atoms with Crippen molar-refractivity contribution in [1.82, 2.24) is 15.0 Å². The molecule has 1 aromatic heterocycles. The van der Waals surface area contributed by atoms with Crippen LogP contribution in [-0.4, -0.2) is 30.3 Å². The summed E-state index contributed by atoms with van der Waals surface area (Å²) in [7, 11) is 0. The lowest BCUT2D eigenvalue weighted by molar-refractivity contribution is 0.153. The molecule has 0 fully saturated rings. The number of carbonyl (C=O) groups is 2. The average molecular weight is 338 g/mol. The number of hydrogen-bond acceptors (Lipinski definition) is 7. The molecule has 9 heteroatoms. The molecule has 0 bridgehead atoms. The van der Waals surface area contributed by atoms with Crippen LogP contribution in [-0.2, 0) is 4.74 Å². The number of nitrogens with zero attached hydrogens (tertiary/aromatic N) is 2. The molecule has 0 aromatic carbocycles. The third-order valence-electron chi connectivity index (χ3n) is 2.35. The molecule has 0 unspecified atom stereocenters. The van der Waals surface area contributed by atoms with Gasteiger partial charge in [-0.15, -0.1) is 0 Å². The quantitative estimate of drug-likeness (QED) is 0.766. The van der Waals surface area contributed by atoms with E-state index in [9.17, 15) is 9.59 Å². The Balaban J connectivity index is 2.41. The first-order valence-electron chi connectivity index (χ1n) is 6.77. The summed E-state index contributed by atoms with van der Waals surface area (Å²) < 4.78 is 12.4. The zero-order valence-corrected chi connectivity index (χ0v) is 13.9. The fraction of sp³-hybridized carbons (Fsp3) is 0.429. The number of imide groups is 1. The molecule has 8 nitrogen and oxygen atoms in total. The minimum absolute atomic E-state index is 0.178. The number of nitriles is 1. The first-order chi connectivity index (χ1) is 10.9. The maximum Gasteiger partial charge on any atom is 0.415 e. The smallest absolute Gasteiger partial charge is 0.415 e. The number of pyridine rings is 1. The second kappa shape index (κ2) is 8.85. The lowest BCUT2D eigenvalue weighted by Crippen LogP contribution is -2.36. The number of ether oxygens (including phenoxy) is 2. The van der Waals surface area contributed by atoms with Crippen LogP contribution in [0.25, 0.3) is 0 Å². The molecule has 0 aliphatic rings. The van der Waals surface area contributed by atoms with Gasteiger partial charge in [0.05, 0.1) is 24.3 Å². The summed E-state index contributed by atoms with van der Waals surface area (Å²) in [4.78, 5) is 26.5. The molecule has 23 heavy (non-hydrogen) atoms. The van der Waals surface area contributed by atoms with Crippen molar-refractivity contribution < 1.29 is 19.1 Å². The van der Waals surface area contributed by atoms with Gasteiger partial charge >= 0.3 is 12.1 Å². The maximum absolute atomic E-state index is 11.4. The molecule has 0 aliphatic carbocycles. The predicted molar refractivity (Wildman–Crippen MR) is 83.7 cm³/mol. The van der Waals surface area contributed by atoms with Crippen molar-refractivity contribution in [2.45, 2.75) is 25.8 Å². The molecule has 0 spiro atoms. The molecule has 0 aliphatic heterocycles. The van der Waals surface area contributed by atoms with Gasteiger partial charge in [0.1, 0.15) is 17.4 Å². The summed E-state index contributed by atoms with van der Waals surface area (Å²) >= 11 is 0.937. The molecular weight excluding hydrogens is 320 g/mol. The number of aromatic nitrogens is 1. The third-order valence-corrected chi connectivity index (χ3v) is 3.09. The maximum atomic E-state index is 11.4. The van der Waals surface area contributed by atoms with E-state index in [1.165, 1.54) is 6.20 Å². The molecule has 1 rings (SSSR count).